The quantitative estimate of drug-likeness (QED) is 0.914. The number of hydrogen-bond acceptors (Lipinski definition) is 2. The van der Waals surface area contributed by atoms with Crippen molar-refractivity contribution in [2.45, 2.75) is 20.0 Å². The van der Waals surface area contributed by atoms with Gasteiger partial charge in [0.15, 0.2) is 11.6 Å². The number of benzene rings is 2. The van der Waals surface area contributed by atoms with Gasteiger partial charge in [0, 0.05) is 0 Å². The van der Waals surface area contributed by atoms with Gasteiger partial charge in [-0.15, -0.1) is 0 Å². The van der Waals surface area contributed by atoms with Crippen molar-refractivity contribution in [3.63, 3.8) is 0 Å². The topological polar surface area (TPSA) is 29.5 Å². The lowest BCUT2D eigenvalue weighted by molar-refractivity contribution is 0.219. The molecule has 2 aromatic rings. The van der Waals surface area contributed by atoms with Gasteiger partial charge in [-0.3, -0.25) is 0 Å². The molecule has 0 radical (unpaired) electrons. The van der Waals surface area contributed by atoms with E-state index >= 15 is 0 Å². The predicted molar refractivity (Wildman–Crippen MR) is 72.9 cm³/mol. The van der Waals surface area contributed by atoms with E-state index in [1.54, 1.807) is 6.07 Å². The molecule has 0 bridgehead atoms. The first-order valence-electron chi connectivity index (χ1n) is 6.11. The summed E-state index contributed by atoms with van der Waals surface area (Å²) in [7, 11) is 1.41. The predicted octanol–water partition coefficient (Wildman–Crippen LogP) is 3.53. The van der Waals surface area contributed by atoms with Gasteiger partial charge >= 0.3 is 0 Å². The molecule has 0 aliphatic rings. The van der Waals surface area contributed by atoms with E-state index in [0.29, 0.717) is 5.56 Å². The molecule has 1 unspecified atom stereocenters. The van der Waals surface area contributed by atoms with Crippen LogP contribution in [0.5, 0.6) is 5.75 Å². The second-order valence-electron chi connectivity index (χ2n) is 4.64. The van der Waals surface area contributed by atoms with Crippen LogP contribution in [0.2, 0.25) is 0 Å². The molecule has 3 heteroatoms. The Morgan fingerprint density at radius 1 is 1.00 bits per heavy atom. The largest absolute Gasteiger partial charge is 0.494 e. The molecule has 0 aliphatic heterocycles. The Balaban J connectivity index is 2.37. The Labute approximate surface area is 112 Å². The van der Waals surface area contributed by atoms with Gasteiger partial charge < -0.3 is 9.84 Å². The average molecular weight is 260 g/mol. The molecule has 0 saturated heterocycles. The normalized spacial score (nSPS) is 12.3. The van der Waals surface area contributed by atoms with Crippen molar-refractivity contribution in [3.05, 3.63) is 64.5 Å². The summed E-state index contributed by atoms with van der Waals surface area (Å²) < 4.78 is 18.3. The third-order valence-corrected chi connectivity index (χ3v) is 3.34. The Morgan fingerprint density at radius 3 is 2.26 bits per heavy atom. The maximum absolute atomic E-state index is 13.3. The van der Waals surface area contributed by atoms with Crippen LogP contribution in [0.25, 0.3) is 0 Å². The summed E-state index contributed by atoms with van der Waals surface area (Å²) >= 11 is 0. The zero-order valence-corrected chi connectivity index (χ0v) is 11.3. The number of halogens is 1. The zero-order chi connectivity index (χ0) is 14.0. The lowest BCUT2D eigenvalue weighted by atomic mass is 9.98. The number of rotatable bonds is 3. The minimum Gasteiger partial charge on any atom is -0.494 e. The van der Waals surface area contributed by atoms with E-state index in [4.69, 9.17) is 4.74 Å². The number of aliphatic hydroxyl groups is 1. The van der Waals surface area contributed by atoms with Crippen LogP contribution in [0.15, 0.2) is 36.4 Å². The number of aliphatic hydroxyl groups excluding tert-OH is 1. The third-order valence-electron chi connectivity index (χ3n) is 3.34. The van der Waals surface area contributed by atoms with Gasteiger partial charge in [0.1, 0.15) is 6.10 Å². The molecule has 2 nitrogen and oxygen atoms in total. The molecular formula is C16H17FO2. The van der Waals surface area contributed by atoms with Crippen LogP contribution in [0.3, 0.4) is 0 Å². The Kier molecular flexibility index (Phi) is 3.86. The van der Waals surface area contributed by atoms with E-state index in [2.05, 4.69) is 0 Å². The Hall–Kier alpha value is -1.87. The molecule has 0 aliphatic carbocycles. The van der Waals surface area contributed by atoms with E-state index in [0.717, 1.165) is 11.1 Å². The monoisotopic (exact) mass is 260 g/mol. The van der Waals surface area contributed by atoms with E-state index in [1.165, 1.54) is 24.8 Å². The molecule has 0 aromatic heterocycles. The van der Waals surface area contributed by atoms with E-state index < -0.39 is 11.9 Å². The summed E-state index contributed by atoms with van der Waals surface area (Å²) in [5.74, 6) is -0.293. The summed E-state index contributed by atoms with van der Waals surface area (Å²) in [4.78, 5) is 0. The summed E-state index contributed by atoms with van der Waals surface area (Å²) in [6, 6.07) is 10.2. The number of aryl methyl sites for hydroxylation is 2. The van der Waals surface area contributed by atoms with Crippen LogP contribution in [-0.2, 0) is 0 Å². The van der Waals surface area contributed by atoms with Gasteiger partial charge in [0.25, 0.3) is 0 Å². The second-order valence-corrected chi connectivity index (χ2v) is 4.64. The summed E-state index contributed by atoms with van der Waals surface area (Å²) in [5, 5.41) is 10.3. The lowest BCUT2D eigenvalue weighted by Crippen LogP contribution is -2.01. The molecule has 0 amide bonds. The average Bonchev–Trinajstić information content (AvgIpc) is 2.41. The molecule has 0 spiro atoms. The molecule has 0 saturated carbocycles. The van der Waals surface area contributed by atoms with Gasteiger partial charge in [0.05, 0.1) is 7.11 Å². The molecule has 0 heterocycles. The van der Waals surface area contributed by atoms with Crippen LogP contribution in [0.4, 0.5) is 4.39 Å². The smallest absolute Gasteiger partial charge is 0.165 e. The van der Waals surface area contributed by atoms with Crippen molar-refractivity contribution in [1.82, 2.24) is 0 Å². The van der Waals surface area contributed by atoms with Gasteiger partial charge in [-0.05, 0) is 48.2 Å². The number of hydrogen-bond donors (Lipinski definition) is 1. The van der Waals surface area contributed by atoms with Crippen molar-refractivity contribution >= 4 is 0 Å². The van der Waals surface area contributed by atoms with E-state index in [-0.39, 0.29) is 5.75 Å². The van der Waals surface area contributed by atoms with Gasteiger partial charge in [-0.2, -0.15) is 0 Å². The SMILES string of the molecule is COc1cc(C(O)c2ccc(C)c(C)c2)ccc1F. The molecule has 2 aromatic carbocycles. The zero-order valence-electron chi connectivity index (χ0n) is 11.3. The van der Waals surface area contributed by atoms with E-state index in [1.807, 2.05) is 32.0 Å². The number of methoxy groups -OCH3 is 1. The summed E-state index contributed by atoms with van der Waals surface area (Å²) in [6.45, 7) is 4.02. The Morgan fingerprint density at radius 2 is 1.63 bits per heavy atom. The van der Waals surface area contributed by atoms with Crippen molar-refractivity contribution in [2.24, 2.45) is 0 Å². The second kappa shape index (κ2) is 5.41. The highest BCUT2D eigenvalue weighted by atomic mass is 19.1. The summed E-state index contributed by atoms with van der Waals surface area (Å²) in [6.07, 6.45) is -0.784. The first-order chi connectivity index (χ1) is 9.02. The van der Waals surface area contributed by atoms with Gasteiger partial charge in [-0.25, -0.2) is 4.39 Å². The third kappa shape index (κ3) is 2.76. The van der Waals surface area contributed by atoms with Crippen LogP contribution in [-0.4, -0.2) is 12.2 Å². The standard InChI is InChI=1S/C16H17FO2/c1-10-4-5-12(8-11(10)2)16(18)13-6-7-14(17)15(9-13)19-3/h4-9,16,18H,1-3H3. The fourth-order valence-electron chi connectivity index (χ4n) is 1.97. The van der Waals surface area contributed by atoms with Crippen LogP contribution in [0.1, 0.15) is 28.4 Å². The maximum atomic E-state index is 13.3. The Bertz CT molecular complexity index is 593. The highest BCUT2D eigenvalue weighted by Crippen LogP contribution is 2.27. The van der Waals surface area contributed by atoms with Crippen LogP contribution >= 0.6 is 0 Å². The molecule has 19 heavy (non-hydrogen) atoms. The minimum atomic E-state index is -0.784. The first-order valence-corrected chi connectivity index (χ1v) is 6.11. The van der Waals surface area contributed by atoms with Gasteiger partial charge in [0.2, 0.25) is 0 Å². The molecule has 1 N–H and O–H groups in total. The maximum Gasteiger partial charge on any atom is 0.165 e. The summed E-state index contributed by atoms with van der Waals surface area (Å²) in [5.41, 5.74) is 3.69. The molecular weight excluding hydrogens is 243 g/mol. The fourth-order valence-corrected chi connectivity index (χ4v) is 1.97. The molecule has 1 atom stereocenters. The van der Waals surface area contributed by atoms with Crippen molar-refractivity contribution < 1.29 is 14.2 Å². The first kappa shape index (κ1) is 13.6. The fraction of sp³-hybridized carbons (Fsp3) is 0.250. The highest BCUT2D eigenvalue weighted by molar-refractivity contribution is 5.39. The molecule has 2 rings (SSSR count). The molecule has 100 valence electrons. The highest BCUT2D eigenvalue weighted by Gasteiger charge is 2.13. The number of ether oxygens (including phenoxy) is 1. The van der Waals surface area contributed by atoms with Gasteiger partial charge in [-0.1, -0.05) is 24.3 Å². The van der Waals surface area contributed by atoms with Crippen LogP contribution < -0.4 is 4.74 Å². The molecule has 0 fully saturated rings. The van der Waals surface area contributed by atoms with Crippen molar-refractivity contribution in [3.8, 4) is 5.75 Å². The minimum absolute atomic E-state index is 0.139. The lowest BCUT2D eigenvalue weighted by Gasteiger charge is -2.14. The van der Waals surface area contributed by atoms with Crippen LogP contribution in [0, 0.1) is 19.7 Å². The van der Waals surface area contributed by atoms with Crippen molar-refractivity contribution in [2.75, 3.05) is 7.11 Å². The van der Waals surface area contributed by atoms with E-state index in [9.17, 15) is 9.50 Å². The van der Waals surface area contributed by atoms with Crippen molar-refractivity contribution in [1.29, 1.82) is 0 Å².